The zero-order chi connectivity index (χ0) is 11.4. The SMILES string of the molecule is C=CC(=O)Nc1ccc(C)c(B(O)O)c1. The van der Waals surface area contributed by atoms with Crippen molar-refractivity contribution in [3.05, 3.63) is 36.4 Å². The Hall–Kier alpha value is -1.59. The van der Waals surface area contributed by atoms with Gasteiger partial charge in [-0.1, -0.05) is 18.2 Å². The van der Waals surface area contributed by atoms with Gasteiger partial charge in [-0.25, -0.2) is 0 Å². The summed E-state index contributed by atoms with van der Waals surface area (Å²) in [4.78, 5) is 11.0. The van der Waals surface area contributed by atoms with Crippen molar-refractivity contribution in [1.29, 1.82) is 0 Å². The second-order valence-electron chi connectivity index (χ2n) is 3.14. The maximum atomic E-state index is 11.0. The molecular formula is C10H12BNO3. The lowest BCUT2D eigenvalue weighted by atomic mass is 9.77. The molecule has 0 saturated heterocycles. The fourth-order valence-electron chi connectivity index (χ4n) is 1.19. The Balaban J connectivity index is 2.97. The van der Waals surface area contributed by atoms with Crippen LogP contribution < -0.4 is 10.8 Å². The summed E-state index contributed by atoms with van der Waals surface area (Å²) in [7, 11) is -1.54. The first-order valence-electron chi connectivity index (χ1n) is 4.44. The Morgan fingerprint density at radius 2 is 2.20 bits per heavy atom. The quantitative estimate of drug-likeness (QED) is 0.472. The third-order valence-corrected chi connectivity index (χ3v) is 2.01. The van der Waals surface area contributed by atoms with Crippen LogP contribution in [0.4, 0.5) is 5.69 Å². The van der Waals surface area contributed by atoms with Crippen LogP contribution in [0.3, 0.4) is 0 Å². The zero-order valence-corrected chi connectivity index (χ0v) is 8.40. The number of carbonyl (C=O) groups excluding carboxylic acids is 1. The lowest BCUT2D eigenvalue weighted by Gasteiger charge is -2.08. The summed E-state index contributed by atoms with van der Waals surface area (Å²) in [5.74, 6) is -0.336. The fraction of sp³-hybridized carbons (Fsp3) is 0.100. The van der Waals surface area contributed by atoms with Gasteiger partial charge in [0.15, 0.2) is 0 Å². The van der Waals surface area contributed by atoms with Crippen LogP contribution in [0.2, 0.25) is 0 Å². The van der Waals surface area contributed by atoms with E-state index >= 15 is 0 Å². The average molecular weight is 205 g/mol. The predicted octanol–water partition coefficient (Wildman–Crippen LogP) is -0.201. The standard InChI is InChI=1S/C10H12BNO3/c1-3-10(13)12-8-5-4-7(2)9(6-8)11(14)15/h3-6,14-15H,1H2,2H3,(H,12,13). The number of hydrogen-bond donors (Lipinski definition) is 3. The summed E-state index contributed by atoms with van der Waals surface area (Å²) >= 11 is 0. The molecule has 0 radical (unpaired) electrons. The Kier molecular flexibility index (Phi) is 3.65. The molecule has 1 amide bonds. The van der Waals surface area contributed by atoms with E-state index in [2.05, 4.69) is 11.9 Å². The topological polar surface area (TPSA) is 69.6 Å². The van der Waals surface area contributed by atoms with Crippen molar-refractivity contribution in [2.75, 3.05) is 5.32 Å². The monoisotopic (exact) mass is 205 g/mol. The van der Waals surface area contributed by atoms with E-state index in [1.54, 1.807) is 19.1 Å². The maximum Gasteiger partial charge on any atom is 0.488 e. The molecule has 0 bridgehead atoms. The van der Waals surface area contributed by atoms with E-state index in [4.69, 9.17) is 10.0 Å². The average Bonchev–Trinajstić information content (AvgIpc) is 2.20. The van der Waals surface area contributed by atoms with Crippen LogP contribution >= 0.6 is 0 Å². The number of benzene rings is 1. The summed E-state index contributed by atoms with van der Waals surface area (Å²) < 4.78 is 0. The molecule has 15 heavy (non-hydrogen) atoms. The lowest BCUT2D eigenvalue weighted by molar-refractivity contribution is -0.111. The van der Waals surface area contributed by atoms with E-state index < -0.39 is 7.12 Å². The van der Waals surface area contributed by atoms with Crippen molar-refractivity contribution in [2.24, 2.45) is 0 Å². The molecule has 1 rings (SSSR count). The van der Waals surface area contributed by atoms with E-state index in [1.807, 2.05) is 0 Å². The number of rotatable bonds is 3. The minimum absolute atomic E-state index is 0.336. The third-order valence-electron chi connectivity index (χ3n) is 2.01. The first-order chi connectivity index (χ1) is 7.04. The summed E-state index contributed by atoms with van der Waals surface area (Å²) in [6, 6.07) is 4.90. The van der Waals surface area contributed by atoms with E-state index in [9.17, 15) is 4.79 Å². The second kappa shape index (κ2) is 4.77. The first kappa shape index (κ1) is 11.5. The highest BCUT2D eigenvalue weighted by Gasteiger charge is 2.14. The highest BCUT2D eigenvalue weighted by molar-refractivity contribution is 6.59. The number of aryl methyl sites for hydroxylation is 1. The Morgan fingerprint density at radius 1 is 1.53 bits per heavy atom. The third kappa shape index (κ3) is 2.94. The number of anilines is 1. The number of amides is 1. The van der Waals surface area contributed by atoms with Crippen LogP contribution in [0.5, 0.6) is 0 Å². The number of carbonyl (C=O) groups is 1. The van der Waals surface area contributed by atoms with Gasteiger partial charge in [0.05, 0.1) is 0 Å². The Morgan fingerprint density at radius 3 is 2.73 bits per heavy atom. The van der Waals surface area contributed by atoms with E-state index in [0.717, 1.165) is 11.6 Å². The highest BCUT2D eigenvalue weighted by atomic mass is 16.4. The van der Waals surface area contributed by atoms with Gasteiger partial charge in [0.1, 0.15) is 0 Å². The molecule has 0 aromatic heterocycles. The molecule has 0 fully saturated rings. The van der Waals surface area contributed by atoms with Crippen molar-refractivity contribution in [3.8, 4) is 0 Å². The van der Waals surface area contributed by atoms with Gasteiger partial charge in [-0.3, -0.25) is 4.79 Å². The number of nitrogens with one attached hydrogen (secondary N) is 1. The molecule has 0 aliphatic heterocycles. The van der Waals surface area contributed by atoms with Crippen LogP contribution in [-0.2, 0) is 4.79 Å². The molecular weight excluding hydrogens is 193 g/mol. The molecule has 0 unspecified atom stereocenters. The van der Waals surface area contributed by atoms with Crippen LogP contribution in [0.15, 0.2) is 30.9 Å². The van der Waals surface area contributed by atoms with E-state index in [1.165, 1.54) is 6.07 Å². The minimum Gasteiger partial charge on any atom is -0.423 e. The van der Waals surface area contributed by atoms with Gasteiger partial charge in [0.25, 0.3) is 0 Å². The highest BCUT2D eigenvalue weighted by Crippen LogP contribution is 2.07. The Labute approximate surface area is 88.4 Å². The van der Waals surface area contributed by atoms with Crippen LogP contribution in [0, 0.1) is 6.92 Å². The van der Waals surface area contributed by atoms with Crippen LogP contribution in [-0.4, -0.2) is 23.1 Å². The van der Waals surface area contributed by atoms with Crippen molar-refractivity contribution in [3.63, 3.8) is 0 Å². The van der Waals surface area contributed by atoms with Gasteiger partial charge in [0, 0.05) is 5.69 Å². The molecule has 5 heteroatoms. The summed E-state index contributed by atoms with van der Waals surface area (Å²) in [5.41, 5.74) is 1.63. The molecule has 0 aliphatic rings. The van der Waals surface area contributed by atoms with Gasteiger partial charge in [-0.05, 0) is 30.6 Å². The normalized spacial score (nSPS) is 9.53. The molecule has 0 heterocycles. The van der Waals surface area contributed by atoms with E-state index in [0.29, 0.717) is 11.2 Å². The lowest BCUT2D eigenvalue weighted by Crippen LogP contribution is -2.32. The van der Waals surface area contributed by atoms with Crippen molar-refractivity contribution < 1.29 is 14.8 Å². The fourth-order valence-corrected chi connectivity index (χ4v) is 1.19. The summed E-state index contributed by atoms with van der Waals surface area (Å²) in [6.45, 7) is 5.08. The zero-order valence-electron chi connectivity index (χ0n) is 8.40. The molecule has 0 saturated carbocycles. The molecule has 0 atom stereocenters. The van der Waals surface area contributed by atoms with Gasteiger partial charge in [-0.2, -0.15) is 0 Å². The summed E-state index contributed by atoms with van der Waals surface area (Å²) in [5, 5.41) is 20.6. The van der Waals surface area contributed by atoms with Crippen LogP contribution in [0.1, 0.15) is 5.56 Å². The largest absolute Gasteiger partial charge is 0.488 e. The molecule has 0 aliphatic carbocycles. The second-order valence-corrected chi connectivity index (χ2v) is 3.14. The summed E-state index contributed by atoms with van der Waals surface area (Å²) in [6.07, 6.45) is 1.15. The molecule has 4 nitrogen and oxygen atoms in total. The first-order valence-corrected chi connectivity index (χ1v) is 4.44. The maximum absolute atomic E-state index is 11.0. The van der Waals surface area contributed by atoms with Crippen molar-refractivity contribution in [2.45, 2.75) is 6.92 Å². The van der Waals surface area contributed by atoms with Crippen LogP contribution in [0.25, 0.3) is 0 Å². The molecule has 0 spiro atoms. The smallest absolute Gasteiger partial charge is 0.423 e. The number of hydrogen-bond acceptors (Lipinski definition) is 3. The Bertz CT molecular complexity index is 390. The van der Waals surface area contributed by atoms with Gasteiger partial charge >= 0.3 is 7.12 Å². The molecule has 1 aromatic carbocycles. The van der Waals surface area contributed by atoms with Gasteiger partial charge in [-0.15, -0.1) is 0 Å². The molecule has 1 aromatic rings. The molecule has 3 N–H and O–H groups in total. The van der Waals surface area contributed by atoms with E-state index in [-0.39, 0.29) is 5.91 Å². The minimum atomic E-state index is -1.54. The predicted molar refractivity (Wildman–Crippen MR) is 59.8 cm³/mol. The van der Waals surface area contributed by atoms with Crippen molar-refractivity contribution >= 4 is 24.2 Å². The van der Waals surface area contributed by atoms with Crippen molar-refractivity contribution in [1.82, 2.24) is 0 Å². The van der Waals surface area contributed by atoms with Gasteiger partial charge in [0.2, 0.25) is 5.91 Å². The molecule has 78 valence electrons. The van der Waals surface area contributed by atoms with Gasteiger partial charge < -0.3 is 15.4 Å².